The van der Waals surface area contributed by atoms with Gasteiger partial charge in [0.05, 0.1) is 11.4 Å². The van der Waals surface area contributed by atoms with Gasteiger partial charge in [0.25, 0.3) is 11.5 Å². The molecule has 0 atom stereocenters. The first-order valence-corrected chi connectivity index (χ1v) is 7.44. The minimum atomic E-state index is -0.426. The van der Waals surface area contributed by atoms with Crippen molar-refractivity contribution >= 4 is 35.0 Å². The van der Waals surface area contributed by atoms with Crippen molar-refractivity contribution in [2.24, 2.45) is 7.05 Å². The monoisotopic (exact) mass is 316 g/mol. The van der Waals surface area contributed by atoms with E-state index in [4.69, 9.17) is 0 Å². The first-order chi connectivity index (χ1) is 10.5. The van der Waals surface area contributed by atoms with Crippen molar-refractivity contribution in [1.82, 2.24) is 9.78 Å². The topological polar surface area (TPSA) is 93.1 Å². The number of nitrogens with zero attached hydrogens (tertiary/aromatic N) is 2. The van der Waals surface area contributed by atoms with E-state index in [1.165, 1.54) is 30.9 Å². The smallest absolute Gasteiger partial charge is 0.276 e. The normalized spacial score (nSPS) is 13.2. The van der Waals surface area contributed by atoms with Crippen LogP contribution in [0.2, 0.25) is 0 Å². The Bertz CT molecular complexity index is 831. The molecular formula is C14H12N4O3S. The maximum atomic E-state index is 12.1. The molecule has 0 bridgehead atoms. The number of thioether (sulfide) groups is 1. The van der Waals surface area contributed by atoms with Crippen molar-refractivity contribution in [3.05, 3.63) is 46.4 Å². The molecule has 2 amide bonds. The summed E-state index contributed by atoms with van der Waals surface area (Å²) in [5, 5.41) is 9.34. The Morgan fingerprint density at radius 3 is 2.91 bits per heavy atom. The molecule has 2 heterocycles. The largest absolute Gasteiger partial charge is 0.324 e. The van der Waals surface area contributed by atoms with E-state index in [2.05, 4.69) is 15.7 Å². The number of hydrogen-bond acceptors (Lipinski definition) is 5. The zero-order valence-corrected chi connectivity index (χ0v) is 12.4. The summed E-state index contributed by atoms with van der Waals surface area (Å²) in [4.78, 5) is 35.7. The number of amides is 2. The fourth-order valence-corrected chi connectivity index (χ4v) is 2.77. The lowest BCUT2D eigenvalue weighted by atomic mass is 10.2. The van der Waals surface area contributed by atoms with Crippen LogP contribution in [0.5, 0.6) is 0 Å². The molecule has 7 nitrogen and oxygen atoms in total. The Hall–Kier alpha value is -2.61. The maximum absolute atomic E-state index is 12.1. The molecule has 1 aliphatic rings. The molecule has 0 spiro atoms. The minimum absolute atomic E-state index is 0.0688. The van der Waals surface area contributed by atoms with Crippen LogP contribution in [0, 0.1) is 0 Å². The summed E-state index contributed by atoms with van der Waals surface area (Å²) < 4.78 is 1.10. The second-order valence-corrected chi connectivity index (χ2v) is 5.70. The second-order valence-electron chi connectivity index (χ2n) is 4.68. The third-order valence-electron chi connectivity index (χ3n) is 3.06. The predicted molar refractivity (Wildman–Crippen MR) is 83.2 cm³/mol. The Morgan fingerprint density at radius 1 is 1.32 bits per heavy atom. The van der Waals surface area contributed by atoms with Crippen LogP contribution in [0.3, 0.4) is 0 Å². The van der Waals surface area contributed by atoms with E-state index >= 15 is 0 Å². The number of benzene rings is 1. The van der Waals surface area contributed by atoms with Crippen LogP contribution < -0.4 is 16.2 Å². The standard InChI is InChI=1S/C14H12N4O3S/c1-18-13(20)5-3-9(17-18)14(21)15-8-2-4-11-10(6-8)16-12(19)7-22-11/h2-6H,7H2,1H3,(H,15,21)(H,16,19). The number of anilines is 2. The molecule has 0 radical (unpaired) electrons. The molecule has 0 unspecified atom stereocenters. The van der Waals surface area contributed by atoms with Gasteiger partial charge < -0.3 is 10.6 Å². The summed E-state index contributed by atoms with van der Waals surface area (Å²) in [5.41, 5.74) is 1.07. The van der Waals surface area contributed by atoms with E-state index < -0.39 is 5.91 Å². The molecule has 0 saturated carbocycles. The number of carbonyl (C=O) groups excluding carboxylic acids is 2. The molecule has 112 valence electrons. The van der Waals surface area contributed by atoms with Crippen LogP contribution in [-0.4, -0.2) is 27.3 Å². The number of rotatable bonds is 2. The molecule has 0 fully saturated rings. The van der Waals surface area contributed by atoms with Gasteiger partial charge in [-0.3, -0.25) is 14.4 Å². The average Bonchev–Trinajstić information content (AvgIpc) is 2.49. The van der Waals surface area contributed by atoms with Gasteiger partial charge in [0.15, 0.2) is 0 Å². The lowest BCUT2D eigenvalue weighted by molar-refractivity contribution is -0.113. The quantitative estimate of drug-likeness (QED) is 0.864. The maximum Gasteiger partial charge on any atom is 0.276 e. The summed E-state index contributed by atoms with van der Waals surface area (Å²) in [6, 6.07) is 7.94. The van der Waals surface area contributed by atoms with E-state index in [0.29, 0.717) is 17.1 Å². The van der Waals surface area contributed by atoms with Crippen molar-refractivity contribution in [2.45, 2.75) is 4.90 Å². The minimum Gasteiger partial charge on any atom is -0.324 e. The predicted octanol–water partition coefficient (Wildman–Crippen LogP) is 1.08. The number of aryl methyl sites for hydroxylation is 1. The van der Waals surface area contributed by atoms with Crippen LogP contribution in [0.1, 0.15) is 10.5 Å². The van der Waals surface area contributed by atoms with E-state index in [9.17, 15) is 14.4 Å². The Balaban J connectivity index is 1.82. The zero-order valence-electron chi connectivity index (χ0n) is 11.6. The number of carbonyl (C=O) groups is 2. The van der Waals surface area contributed by atoms with Gasteiger partial charge in [-0.2, -0.15) is 5.10 Å². The van der Waals surface area contributed by atoms with Crippen molar-refractivity contribution in [3.8, 4) is 0 Å². The zero-order chi connectivity index (χ0) is 15.7. The van der Waals surface area contributed by atoms with E-state index in [-0.39, 0.29) is 17.2 Å². The van der Waals surface area contributed by atoms with Gasteiger partial charge in [0.2, 0.25) is 5.91 Å². The molecule has 1 aromatic heterocycles. The molecule has 0 aliphatic carbocycles. The molecule has 3 rings (SSSR count). The molecule has 22 heavy (non-hydrogen) atoms. The summed E-state index contributed by atoms with van der Waals surface area (Å²) in [6.07, 6.45) is 0. The van der Waals surface area contributed by atoms with Crippen LogP contribution in [0.15, 0.2) is 40.0 Å². The highest BCUT2D eigenvalue weighted by Gasteiger charge is 2.16. The third kappa shape index (κ3) is 2.86. The highest BCUT2D eigenvalue weighted by atomic mass is 32.2. The van der Waals surface area contributed by atoms with E-state index in [1.54, 1.807) is 12.1 Å². The SMILES string of the molecule is Cn1nc(C(=O)Nc2ccc3c(c2)NC(=O)CS3)ccc1=O. The number of hydrogen-bond donors (Lipinski definition) is 2. The van der Waals surface area contributed by atoms with Crippen molar-refractivity contribution < 1.29 is 9.59 Å². The van der Waals surface area contributed by atoms with Gasteiger partial charge in [0.1, 0.15) is 5.69 Å². The molecular weight excluding hydrogens is 304 g/mol. The first-order valence-electron chi connectivity index (χ1n) is 6.45. The molecule has 2 N–H and O–H groups in total. The number of fused-ring (bicyclic) bond motifs is 1. The summed E-state index contributed by atoms with van der Waals surface area (Å²) in [7, 11) is 1.48. The summed E-state index contributed by atoms with van der Waals surface area (Å²) >= 11 is 1.45. The fourth-order valence-electron chi connectivity index (χ4n) is 1.98. The Kier molecular flexibility index (Phi) is 3.68. The van der Waals surface area contributed by atoms with Crippen molar-refractivity contribution in [2.75, 3.05) is 16.4 Å². The lowest BCUT2D eigenvalue weighted by Gasteiger charge is -2.17. The Labute approximate surface area is 129 Å². The van der Waals surface area contributed by atoms with Gasteiger partial charge in [-0.1, -0.05) is 0 Å². The highest BCUT2D eigenvalue weighted by Crippen LogP contribution is 2.33. The Morgan fingerprint density at radius 2 is 2.14 bits per heavy atom. The fraction of sp³-hybridized carbons (Fsp3) is 0.143. The third-order valence-corrected chi connectivity index (χ3v) is 4.14. The highest BCUT2D eigenvalue weighted by molar-refractivity contribution is 8.00. The average molecular weight is 316 g/mol. The molecule has 2 aromatic rings. The summed E-state index contributed by atoms with van der Waals surface area (Å²) in [6.45, 7) is 0. The molecule has 1 aromatic carbocycles. The number of nitrogens with one attached hydrogen (secondary N) is 2. The summed E-state index contributed by atoms with van der Waals surface area (Å²) in [5.74, 6) is -0.105. The lowest BCUT2D eigenvalue weighted by Crippen LogP contribution is -2.23. The van der Waals surface area contributed by atoms with Crippen molar-refractivity contribution in [1.29, 1.82) is 0 Å². The van der Waals surface area contributed by atoms with Crippen LogP contribution in [0.4, 0.5) is 11.4 Å². The molecule has 8 heteroatoms. The van der Waals surface area contributed by atoms with Gasteiger partial charge in [-0.05, 0) is 24.3 Å². The van der Waals surface area contributed by atoms with Crippen LogP contribution >= 0.6 is 11.8 Å². The van der Waals surface area contributed by atoms with Gasteiger partial charge >= 0.3 is 0 Å². The molecule has 0 saturated heterocycles. The van der Waals surface area contributed by atoms with Crippen LogP contribution in [-0.2, 0) is 11.8 Å². The number of aromatic nitrogens is 2. The van der Waals surface area contributed by atoms with Gasteiger partial charge in [-0.25, -0.2) is 4.68 Å². The van der Waals surface area contributed by atoms with Gasteiger partial charge in [-0.15, -0.1) is 11.8 Å². The van der Waals surface area contributed by atoms with E-state index in [0.717, 1.165) is 9.58 Å². The van der Waals surface area contributed by atoms with E-state index in [1.807, 2.05) is 6.07 Å². The first kappa shape index (κ1) is 14.3. The molecule has 1 aliphatic heterocycles. The van der Waals surface area contributed by atoms with Crippen molar-refractivity contribution in [3.63, 3.8) is 0 Å². The van der Waals surface area contributed by atoms with Gasteiger partial charge in [0, 0.05) is 23.7 Å². The van der Waals surface area contributed by atoms with Crippen LogP contribution in [0.25, 0.3) is 0 Å². The second kappa shape index (κ2) is 5.64.